The summed E-state index contributed by atoms with van der Waals surface area (Å²) in [5.74, 6) is 0.334. The van der Waals surface area contributed by atoms with Crippen molar-refractivity contribution in [1.29, 1.82) is 0 Å². The molecular formula is C16H22N6O3. The number of nitrogens with zero attached hydrogens (tertiary/aromatic N) is 2. The van der Waals surface area contributed by atoms with E-state index in [0.717, 1.165) is 0 Å². The third-order valence-electron chi connectivity index (χ3n) is 3.33. The Morgan fingerprint density at radius 2 is 1.92 bits per heavy atom. The Balaban J connectivity index is 1.92. The summed E-state index contributed by atoms with van der Waals surface area (Å²) < 4.78 is 0. The summed E-state index contributed by atoms with van der Waals surface area (Å²) in [7, 11) is 0. The first-order chi connectivity index (χ1) is 11.7. The summed E-state index contributed by atoms with van der Waals surface area (Å²) in [6.45, 7) is 8.05. The molecule has 9 nitrogen and oxygen atoms in total. The van der Waals surface area contributed by atoms with E-state index in [9.17, 15) is 14.4 Å². The van der Waals surface area contributed by atoms with Crippen molar-refractivity contribution in [2.24, 2.45) is 0 Å². The Labute approximate surface area is 144 Å². The third-order valence-corrected chi connectivity index (χ3v) is 3.33. The lowest BCUT2D eigenvalue weighted by molar-refractivity contribution is 0.0953. The second kappa shape index (κ2) is 7.29. The molecule has 0 aliphatic heterocycles. The van der Waals surface area contributed by atoms with Crippen LogP contribution in [-0.4, -0.2) is 38.9 Å². The maximum absolute atomic E-state index is 12.1. The zero-order valence-electron chi connectivity index (χ0n) is 14.7. The van der Waals surface area contributed by atoms with E-state index in [1.165, 1.54) is 12.3 Å². The molecule has 2 heterocycles. The van der Waals surface area contributed by atoms with Crippen molar-refractivity contribution in [2.45, 2.75) is 33.1 Å². The number of H-pyrrole nitrogens is 2. The second-order valence-corrected chi connectivity index (χ2v) is 6.64. The molecule has 134 valence electrons. The topological polar surface area (TPSA) is 133 Å². The molecule has 1 amide bonds. The highest BCUT2D eigenvalue weighted by Crippen LogP contribution is 2.15. The van der Waals surface area contributed by atoms with E-state index in [4.69, 9.17) is 0 Å². The minimum Gasteiger partial charge on any atom is -0.354 e. The molecule has 0 radical (unpaired) electrons. The largest absolute Gasteiger partial charge is 0.354 e. The molecule has 4 N–H and O–H groups in total. The van der Waals surface area contributed by atoms with E-state index in [0.29, 0.717) is 24.0 Å². The fourth-order valence-electron chi connectivity index (χ4n) is 2.05. The predicted molar refractivity (Wildman–Crippen MR) is 94.0 cm³/mol. The van der Waals surface area contributed by atoms with Crippen LogP contribution in [0, 0.1) is 6.92 Å². The van der Waals surface area contributed by atoms with Gasteiger partial charge in [-0.15, -0.1) is 0 Å². The summed E-state index contributed by atoms with van der Waals surface area (Å²) in [6.07, 6.45) is 1.28. The second-order valence-electron chi connectivity index (χ2n) is 6.64. The van der Waals surface area contributed by atoms with Crippen LogP contribution in [0.25, 0.3) is 0 Å². The van der Waals surface area contributed by atoms with Gasteiger partial charge in [-0.3, -0.25) is 19.4 Å². The molecule has 2 rings (SSSR count). The van der Waals surface area contributed by atoms with Gasteiger partial charge in [0.05, 0.1) is 0 Å². The molecule has 9 heteroatoms. The van der Waals surface area contributed by atoms with Crippen molar-refractivity contribution >= 4 is 11.9 Å². The molecule has 0 fully saturated rings. The van der Waals surface area contributed by atoms with Crippen molar-refractivity contribution in [3.05, 3.63) is 50.1 Å². The molecule has 0 spiro atoms. The smallest absolute Gasteiger partial charge is 0.263 e. The number of aromatic amines is 2. The van der Waals surface area contributed by atoms with Gasteiger partial charge in [-0.2, -0.15) is 0 Å². The number of nitrogens with one attached hydrogen (secondary N) is 4. The summed E-state index contributed by atoms with van der Waals surface area (Å²) >= 11 is 0. The first-order valence-electron chi connectivity index (χ1n) is 7.86. The fourth-order valence-corrected chi connectivity index (χ4v) is 2.05. The molecule has 0 atom stereocenters. The van der Waals surface area contributed by atoms with Crippen LogP contribution in [0.4, 0.5) is 5.95 Å². The molecular weight excluding hydrogens is 324 g/mol. The van der Waals surface area contributed by atoms with Gasteiger partial charge in [-0.1, -0.05) is 20.8 Å². The van der Waals surface area contributed by atoms with Gasteiger partial charge in [-0.25, -0.2) is 9.97 Å². The average Bonchev–Trinajstić information content (AvgIpc) is 2.49. The Morgan fingerprint density at radius 3 is 2.52 bits per heavy atom. The number of amides is 1. The number of rotatable bonds is 5. The number of carbonyl (C=O) groups excluding carboxylic acids is 1. The molecule has 0 aromatic carbocycles. The average molecular weight is 346 g/mol. The minimum absolute atomic E-state index is 0.0462. The van der Waals surface area contributed by atoms with Gasteiger partial charge >= 0.3 is 0 Å². The van der Waals surface area contributed by atoms with Gasteiger partial charge in [0.15, 0.2) is 0 Å². The molecule has 2 aromatic heterocycles. The normalized spacial score (nSPS) is 11.2. The van der Waals surface area contributed by atoms with E-state index in [1.54, 1.807) is 6.92 Å². The van der Waals surface area contributed by atoms with Crippen LogP contribution in [0.5, 0.6) is 0 Å². The summed E-state index contributed by atoms with van der Waals surface area (Å²) in [5, 5.41) is 5.51. The van der Waals surface area contributed by atoms with Crippen LogP contribution >= 0.6 is 0 Å². The van der Waals surface area contributed by atoms with Crippen LogP contribution in [0.3, 0.4) is 0 Å². The standard InChI is InChI=1S/C16H22N6O3/c1-9-7-11(23)21-15(20-9)18-6-5-17-12(24)10-8-19-14(16(2,3)4)22-13(10)25/h7-8H,5-6H2,1-4H3,(H,17,24)(H,19,22,25)(H2,18,20,21,23). The lowest BCUT2D eigenvalue weighted by Gasteiger charge is -2.16. The Bertz CT molecular complexity index is 878. The predicted octanol–water partition coefficient (Wildman–Crippen LogP) is 0.301. The number of carbonyl (C=O) groups is 1. The molecule has 0 saturated carbocycles. The van der Waals surface area contributed by atoms with Crippen molar-refractivity contribution in [1.82, 2.24) is 25.3 Å². The molecule has 0 unspecified atom stereocenters. The highest BCUT2D eigenvalue weighted by atomic mass is 16.2. The monoisotopic (exact) mass is 346 g/mol. The number of aryl methyl sites for hydroxylation is 1. The quantitative estimate of drug-likeness (QED) is 0.576. The van der Waals surface area contributed by atoms with E-state index < -0.39 is 11.5 Å². The highest BCUT2D eigenvalue weighted by Gasteiger charge is 2.19. The number of aromatic nitrogens is 4. The Morgan fingerprint density at radius 1 is 1.20 bits per heavy atom. The van der Waals surface area contributed by atoms with E-state index in [1.807, 2.05) is 20.8 Å². The van der Waals surface area contributed by atoms with Gasteiger partial charge in [0.2, 0.25) is 5.95 Å². The molecule has 0 aliphatic carbocycles. The molecule has 25 heavy (non-hydrogen) atoms. The highest BCUT2D eigenvalue weighted by molar-refractivity contribution is 5.93. The van der Waals surface area contributed by atoms with Gasteiger partial charge < -0.3 is 15.6 Å². The number of hydrogen-bond donors (Lipinski definition) is 4. The lowest BCUT2D eigenvalue weighted by atomic mass is 9.96. The molecule has 2 aromatic rings. The van der Waals surface area contributed by atoms with Gasteiger partial charge in [0.1, 0.15) is 11.4 Å². The lowest BCUT2D eigenvalue weighted by Crippen LogP contribution is -2.34. The van der Waals surface area contributed by atoms with Crippen LogP contribution in [0.2, 0.25) is 0 Å². The Hall–Kier alpha value is -2.97. The van der Waals surface area contributed by atoms with Gasteiger partial charge in [0, 0.05) is 36.5 Å². The first kappa shape index (κ1) is 18.4. The summed E-state index contributed by atoms with van der Waals surface area (Å²) in [4.78, 5) is 48.9. The van der Waals surface area contributed by atoms with Crippen molar-refractivity contribution in [3.63, 3.8) is 0 Å². The number of hydrogen-bond acceptors (Lipinski definition) is 6. The van der Waals surface area contributed by atoms with E-state index in [-0.39, 0.29) is 23.1 Å². The van der Waals surface area contributed by atoms with Crippen LogP contribution < -0.4 is 21.8 Å². The van der Waals surface area contributed by atoms with Crippen molar-refractivity contribution < 1.29 is 4.79 Å². The van der Waals surface area contributed by atoms with E-state index >= 15 is 0 Å². The summed E-state index contributed by atoms with van der Waals surface area (Å²) in [5.41, 5.74) is -0.497. The number of anilines is 1. The SMILES string of the molecule is Cc1cc(=O)[nH]c(NCCNC(=O)c2cnc(C(C)(C)C)[nH]c2=O)n1. The van der Waals surface area contributed by atoms with E-state index in [2.05, 4.69) is 30.6 Å². The molecule has 0 bridgehead atoms. The van der Waals surface area contributed by atoms with Gasteiger partial charge in [-0.05, 0) is 6.92 Å². The minimum atomic E-state index is -0.512. The zero-order valence-corrected chi connectivity index (χ0v) is 14.7. The van der Waals surface area contributed by atoms with Crippen molar-refractivity contribution in [2.75, 3.05) is 18.4 Å². The van der Waals surface area contributed by atoms with Crippen LogP contribution in [0.15, 0.2) is 21.9 Å². The van der Waals surface area contributed by atoms with Crippen molar-refractivity contribution in [3.8, 4) is 0 Å². The van der Waals surface area contributed by atoms with Crippen LogP contribution in [-0.2, 0) is 5.41 Å². The molecule has 0 saturated heterocycles. The zero-order chi connectivity index (χ0) is 18.6. The first-order valence-corrected chi connectivity index (χ1v) is 7.86. The third kappa shape index (κ3) is 5.00. The Kier molecular flexibility index (Phi) is 5.35. The fraction of sp³-hybridized carbons (Fsp3) is 0.438. The van der Waals surface area contributed by atoms with Crippen LogP contribution in [0.1, 0.15) is 42.6 Å². The maximum atomic E-state index is 12.1. The maximum Gasteiger partial charge on any atom is 0.263 e. The molecule has 0 aliphatic rings. The summed E-state index contributed by atoms with van der Waals surface area (Å²) in [6, 6.07) is 1.38. The van der Waals surface area contributed by atoms with Gasteiger partial charge in [0.25, 0.3) is 17.0 Å².